The number of benzene rings is 1. The van der Waals surface area contributed by atoms with Gasteiger partial charge in [-0.2, -0.15) is 0 Å². The maximum absolute atomic E-state index is 12.2. The van der Waals surface area contributed by atoms with Gasteiger partial charge in [0.15, 0.2) is 12.1 Å². The van der Waals surface area contributed by atoms with Crippen molar-refractivity contribution in [2.45, 2.75) is 91.5 Å². The van der Waals surface area contributed by atoms with Gasteiger partial charge in [-0.15, -0.1) is 12.8 Å². The van der Waals surface area contributed by atoms with E-state index >= 15 is 0 Å². The average Bonchev–Trinajstić information content (AvgIpc) is 3.23. The smallest absolute Gasteiger partial charge is 0.186 e. The first-order chi connectivity index (χ1) is 16.4. The molecule has 1 aromatic rings. The van der Waals surface area contributed by atoms with Gasteiger partial charge in [0.25, 0.3) is 0 Å². The highest BCUT2D eigenvalue weighted by Gasteiger charge is 2.45. The van der Waals surface area contributed by atoms with Crippen molar-refractivity contribution in [2.75, 3.05) is 27.4 Å². The van der Waals surface area contributed by atoms with E-state index in [1.807, 2.05) is 41.5 Å². The summed E-state index contributed by atoms with van der Waals surface area (Å²) >= 11 is 0. The lowest BCUT2D eigenvalue weighted by molar-refractivity contribution is -0.305. The number of terminal acetylenes is 1. The van der Waals surface area contributed by atoms with Crippen LogP contribution in [0.5, 0.6) is 0 Å². The average molecular weight is 481 g/mol. The van der Waals surface area contributed by atoms with Crippen LogP contribution in [0, 0.1) is 26.7 Å². The van der Waals surface area contributed by atoms with E-state index in [0.29, 0.717) is 19.4 Å². The first kappa shape index (κ1) is 32.2. The van der Waals surface area contributed by atoms with Gasteiger partial charge >= 0.3 is 0 Å². The SMILES string of the molecule is C#C.CC.CC.COCC1OC(OCCc2c(C)cc3c(c2C)C(=O)CC3)C(O)C(O)C1OC. The number of aliphatic hydroxyl groups is 2. The molecule has 1 aliphatic carbocycles. The van der Waals surface area contributed by atoms with Crippen molar-refractivity contribution in [3.05, 3.63) is 33.9 Å². The molecular weight excluding hydrogens is 436 g/mol. The van der Waals surface area contributed by atoms with Crippen LogP contribution in [0.2, 0.25) is 0 Å². The standard InChI is InChI=1S/C21H30O7.2C2H6.C2H2/c1-11-9-13-5-6-15(22)17(13)12(2)14(11)7-8-27-21-19(24)18(23)20(26-4)16(28-21)10-25-3;3*1-2/h9,16,18-21,23-24H,5-8,10H2,1-4H3;2*1-2H3;1-2H. The van der Waals surface area contributed by atoms with Crippen molar-refractivity contribution in [3.8, 4) is 12.8 Å². The van der Waals surface area contributed by atoms with Crippen molar-refractivity contribution >= 4 is 5.78 Å². The maximum atomic E-state index is 12.2. The summed E-state index contributed by atoms with van der Waals surface area (Å²) in [4.78, 5) is 12.2. The zero-order chi connectivity index (χ0) is 26.4. The van der Waals surface area contributed by atoms with Gasteiger partial charge in [0.05, 0.1) is 13.2 Å². The van der Waals surface area contributed by atoms with E-state index in [1.165, 1.54) is 14.2 Å². The summed E-state index contributed by atoms with van der Waals surface area (Å²) in [7, 11) is 2.98. The van der Waals surface area contributed by atoms with Gasteiger partial charge in [-0.1, -0.05) is 33.8 Å². The predicted octanol–water partition coefficient (Wildman–Crippen LogP) is 3.40. The Labute approximate surface area is 205 Å². The minimum absolute atomic E-state index is 0.205. The molecular formula is C27H44O7. The maximum Gasteiger partial charge on any atom is 0.186 e. The summed E-state index contributed by atoms with van der Waals surface area (Å²) in [6.07, 6.45) is 5.42. The highest BCUT2D eigenvalue weighted by molar-refractivity contribution is 6.02. The number of fused-ring (bicyclic) bond motifs is 1. The second-order valence-electron chi connectivity index (χ2n) is 7.55. The fourth-order valence-electron chi connectivity index (χ4n) is 4.36. The highest BCUT2D eigenvalue weighted by atomic mass is 16.7. The number of rotatable bonds is 7. The van der Waals surface area contributed by atoms with Gasteiger partial charge in [0, 0.05) is 26.2 Å². The number of carbonyl (C=O) groups is 1. The lowest BCUT2D eigenvalue weighted by Crippen LogP contribution is -2.60. The molecule has 0 radical (unpaired) electrons. The minimum Gasteiger partial charge on any atom is -0.387 e. The zero-order valence-corrected chi connectivity index (χ0v) is 22.1. The molecule has 0 aromatic heterocycles. The van der Waals surface area contributed by atoms with Crippen molar-refractivity contribution in [2.24, 2.45) is 0 Å². The molecule has 1 aromatic carbocycles. The second kappa shape index (κ2) is 16.8. The molecule has 0 bridgehead atoms. The summed E-state index contributed by atoms with van der Waals surface area (Å²) in [5.41, 5.74) is 5.22. The molecule has 2 aliphatic rings. The molecule has 1 fully saturated rings. The molecule has 194 valence electrons. The van der Waals surface area contributed by atoms with Gasteiger partial charge in [-0.25, -0.2) is 0 Å². The number of hydrogen-bond donors (Lipinski definition) is 2. The largest absolute Gasteiger partial charge is 0.387 e. The van der Waals surface area contributed by atoms with E-state index in [-0.39, 0.29) is 12.4 Å². The summed E-state index contributed by atoms with van der Waals surface area (Å²) < 4.78 is 21.9. The minimum atomic E-state index is -1.22. The quantitative estimate of drug-likeness (QED) is 0.578. The lowest BCUT2D eigenvalue weighted by atomic mass is 9.92. The van der Waals surface area contributed by atoms with Crippen LogP contribution in [0.25, 0.3) is 0 Å². The Morgan fingerprint density at radius 1 is 1.06 bits per heavy atom. The molecule has 0 saturated carbocycles. The van der Waals surface area contributed by atoms with E-state index in [0.717, 1.165) is 34.2 Å². The second-order valence-corrected chi connectivity index (χ2v) is 7.55. The lowest BCUT2D eigenvalue weighted by Gasteiger charge is -2.41. The van der Waals surface area contributed by atoms with Gasteiger partial charge in [0.1, 0.15) is 24.4 Å². The molecule has 0 spiro atoms. The van der Waals surface area contributed by atoms with Gasteiger partial charge in [-0.3, -0.25) is 4.79 Å². The monoisotopic (exact) mass is 480 g/mol. The third kappa shape index (κ3) is 7.61. The summed E-state index contributed by atoms with van der Waals surface area (Å²) in [6, 6.07) is 2.09. The number of ether oxygens (including phenoxy) is 4. The Morgan fingerprint density at radius 2 is 1.68 bits per heavy atom. The molecule has 34 heavy (non-hydrogen) atoms. The normalized spacial score (nSPS) is 25.1. The third-order valence-corrected chi connectivity index (χ3v) is 5.79. The first-order valence-electron chi connectivity index (χ1n) is 12.0. The first-order valence-corrected chi connectivity index (χ1v) is 12.0. The molecule has 1 aliphatic heterocycles. The van der Waals surface area contributed by atoms with Gasteiger partial charge < -0.3 is 29.2 Å². The number of aliphatic hydroxyl groups excluding tert-OH is 2. The van der Waals surface area contributed by atoms with Gasteiger partial charge in [-0.05, 0) is 48.9 Å². The van der Waals surface area contributed by atoms with Crippen molar-refractivity contribution in [1.82, 2.24) is 0 Å². The van der Waals surface area contributed by atoms with E-state index in [2.05, 4.69) is 18.9 Å². The summed E-state index contributed by atoms with van der Waals surface area (Å²) in [5.74, 6) is 0.205. The molecule has 5 unspecified atom stereocenters. The fraction of sp³-hybridized carbons (Fsp3) is 0.667. The molecule has 2 N–H and O–H groups in total. The van der Waals surface area contributed by atoms with Crippen LogP contribution >= 0.6 is 0 Å². The summed E-state index contributed by atoms with van der Waals surface area (Å²) in [5, 5.41) is 20.6. The van der Waals surface area contributed by atoms with Crippen molar-refractivity contribution in [3.63, 3.8) is 0 Å². The fourth-order valence-corrected chi connectivity index (χ4v) is 4.36. The number of ketones is 1. The van der Waals surface area contributed by atoms with Crippen LogP contribution in [-0.2, 0) is 31.8 Å². The Hall–Kier alpha value is -1.79. The molecule has 1 heterocycles. The molecule has 0 amide bonds. The van der Waals surface area contributed by atoms with E-state index < -0.39 is 30.7 Å². The number of Topliss-reactive ketones (excluding diaryl/α,β-unsaturated/α-hetero) is 1. The summed E-state index contributed by atoms with van der Waals surface area (Å²) in [6.45, 7) is 12.5. The van der Waals surface area contributed by atoms with Gasteiger partial charge in [0.2, 0.25) is 0 Å². The third-order valence-electron chi connectivity index (χ3n) is 5.79. The number of carbonyl (C=O) groups excluding carboxylic acids is 1. The molecule has 1 saturated heterocycles. The van der Waals surface area contributed by atoms with Crippen LogP contribution < -0.4 is 0 Å². The number of aryl methyl sites for hydroxylation is 2. The van der Waals surface area contributed by atoms with Crippen LogP contribution in [-0.4, -0.2) is 74.1 Å². The highest BCUT2D eigenvalue weighted by Crippen LogP contribution is 2.30. The molecule has 3 rings (SSSR count). The number of methoxy groups -OCH3 is 2. The van der Waals surface area contributed by atoms with Crippen LogP contribution in [0.3, 0.4) is 0 Å². The molecule has 7 nitrogen and oxygen atoms in total. The van der Waals surface area contributed by atoms with E-state index in [1.54, 1.807) is 0 Å². The van der Waals surface area contributed by atoms with E-state index in [4.69, 9.17) is 18.9 Å². The van der Waals surface area contributed by atoms with Crippen molar-refractivity contribution in [1.29, 1.82) is 0 Å². The predicted molar refractivity (Wildman–Crippen MR) is 134 cm³/mol. The molecule has 7 heteroatoms. The zero-order valence-electron chi connectivity index (χ0n) is 22.1. The number of hydrogen-bond acceptors (Lipinski definition) is 7. The van der Waals surface area contributed by atoms with Crippen LogP contribution in [0.4, 0.5) is 0 Å². The van der Waals surface area contributed by atoms with Crippen LogP contribution in [0.1, 0.15) is 66.7 Å². The van der Waals surface area contributed by atoms with Crippen LogP contribution in [0.15, 0.2) is 6.07 Å². The topological polar surface area (TPSA) is 94.5 Å². The Bertz CT molecular complexity index is 759. The molecule has 5 atom stereocenters. The van der Waals surface area contributed by atoms with E-state index in [9.17, 15) is 15.0 Å². The van der Waals surface area contributed by atoms with Crippen molar-refractivity contribution < 1.29 is 34.0 Å². The Balaban J connectivity index is 0.00000168. The Morgan fingerprint density at radius 3 is 2.24 bits per heavy atom. The Kier molecular flexibility index (Phi) is 15.9.